The molecule has 0 atom stereocenters. The summed E-state index contributed by atoms with van der Waals surface area (Å²) in [6.45, 7) is 0.956. The maximum absolute atomic E-state index is 13.0. The fraction of sp³-hybridized carbons (Fsp3) is 0.143. The minimum Gasteiger partial charge on any atom is -0.489 e. The normalized spacial score (nSPS) is 13.9. The maximum Gasteiger partial charge on any atom is 0.416 e. The lowest BCUT2D eigenvalue weighted by Gasteiger charge is -2.31. The molecule has 0 aliphatic carbocycles. The van der Waals surface area contributed by atoms with E-state index in [1.54, 1.807) is 18.3 Å². The lowest BCUT2D eigenvalue weighted by atomic mass is 10.1. The van der Waals surface area contributed by atoms with E-state index in [9.17, 15) is 13.2 Å². The van der Waals surface area contributed by atoms with Gasteiger partial charge in [-0.2, -0.15) is 13.2 Å². The summed E-state index contributed by atoms with van der Waals surface area (Å²) in [6.07, 6.45) is -2.76. The van der Waals surface area contributed by atoms with Crippen molar-refractivity contribution in [3.63, 3.8) is 0 Å². The van der Waals surface area contributed by atoms with Crippen LogP contribution in [-0.2, 0) is 6.18 Å². The molecule has 1 aliphatic heterocycles. The van der Waals surface area contributed by atoms with E-state index in [-0.39, 0.29) is 0 Å². The van der Waals surface area contributed by atoms with Gasteiger partial charge in [-0.3, -0.25) is 0 Å². The highest BCUT2D eigenvalue weighted by Crippen LogP contribution is 2.43. The number of pyridine rings is 1. The molecule has 0 bridgehead atoms. The molecule has 0 amide bonds. The van der Waals surface area contributed by atoms with Gasteiger partial charge in [0.2, 0.25) is 0 Å². The van der Waals surface area contributed by atoms with E-state index >= 15 is 0 Å². The molecule has 0 saturated heterocycles. The third-order valence-corrected chi connectivity index (χ3v) is 5.20. The number of ether oxygens (including phenoxy) is 1. The van der Waals surface area contributed by atoms with Gasteiger partial charge in [0.1, 0.15) is 12.4 Å². The van der Waals surface area contributed by atoms with Crippen molar-refractivity contribution in [1.82, 2.24) is 15.0 Å². The van der Waals surface area contributed by atoms with Crippen molar-refractivity contribution in [2.45, 2.75) is 6.18 Å². The first-order valence-corrected chi connectivity index (χ1v) is 9.51. The van der Waals surface area contributed by atoms with Gasteiger partial charge >= 0.3 is 6.18 Å². The summed E-state index contributed by atoms with van der Waals surface area (Å²) >= 11 is 6.33. The number of hydrogen-bond acceptors (Lipinski definition) is 4. The molecule has 1 N–H and O–H groups in total. The molecule has 5 nitrogen and oxygen atoms in total. The van der Waals surface area contributed by atoms with Crippen molar-refractivity contribution in [3.05, 3.63) is 65.3 Å². The third kappa shape index (κ3) is 3.13. The minimum absolute atomic E-state index is 0.304. The molecule has 0 spiro atoms. The van der Waals surface area contributed by atoms with Crippen LogP contribution in [0, 0.1) is 0 Å². The van der Waals surface area contributed by atoms with E-state index in [1.165, 1.54) is 6.07 Å². The summed E-state index contributed by atoms with van der Waals surface area (Å²) in [5, 5.41) is 0.513. The Hall–Kier alpha value is -3.26. The molecule has 0 saturated carbocycles. The van der Waals surface area contributed by atoms with Crippen molar-refractivity contribution in [2.24, 2.45) is 0 Å². The van der Waals surface area contributed by atoms with Gasteiger partial charge in [0.25, 0.3) is 0 Å². The van der Waals surface area contributed by atoms with Crippen molar-refractivity contribution in [1.29, 1.82) is 0 Å². The first-order valence-electron chi connectivity index (χ1n) is 9.13. The fourth-order valence-corrected chi connectivity index (χ4v) is 3.77. The number of aromatic nitrogens is 3. The van der Waals surface area contributed by atoms with Gasteiger partial charge < -0.3 is 14.6 Å². The highest BCUT2D eigenvalue weighted by molar-refractivity contribution is 6.33. The van der Waals surface area contributed by atoms with Gasteiger partial charge in [0, 0.05) is 6.20 Å². The molecule has 0 radical (unpaired) electrons. The monoisotopic (exact) mass is 430 g/mol. The van der Waals surface area contributed by atoms with Gasteiger partial charge in [0.05, 0.1) is 39.4 Å². The largest absolute Gasteiger partial charge is 0.489 e. The average Bonchev–Trinajstić information content (AvgIpc) is 3.16. The third-order valence-electron chi connectivity index (χ3n) is 4.91. The summed E-state index contributed by atoms with van der Waals surface area (Å²) in [7, 11) is 0. The zero-order valence-corrected chi connectivity index (χ0v) is 16.1. The fourth-order valence-electron chi connectivity index (χ4n) is 3.54. The molecule has 152 valence electrons. The van der Waals surface area contributed by atoms with Gasteiger partial charge in [-0.05, 0) is 42.5 Å². The summed E-state index contributed by atoms with van der Waals surface area (Å²) in [5.74, 6) is 1.61. The second-order valence-corrected chi connectivity index (χ2v) is 7.19. The van der Waals surface area contributed by atoms with Gasteiger partial charge in [-0.15, -0.1) is 0 Å². The number of nitrogens with zero attached hydrogens (tertiary/aromatic N) is 3. The van der Waals surface area contributed by atoms with E-state index in [4.69, 9.17) is 16.3 Å². The number of alkyl halides is 3. The number of imidazole rings is 1. The van der Waals surface area contributed by atoms with Crippen molar-refractivity contribution in [3.8, 4) is 17.1 Å². The zero-order valence-electron chi connectivity index (χ0n) is 15.4. The molecular weight excluding hydrogens is 417 g/mol. The van der Waals surface area contributed by atoms with E-state index in [0.29, 0.717) is 52.2 Å². The van der Waals surface area contributed by atoms with Gasteiger partial charge in [-0.25, -0.2) is 9.97 Å². The predicted molar refractivity (Wildman–Crippen MR) is 108 cm³/mol. The van der Waals surface area contributed by atoms with Crippen LogP contribution in [0.25, 0.3) is 22.4 Å². The Morgan fingerprint density at radius 2 is 1.97 bits per heavy atom. The molecule has 30 heavy (non-hydrogen) atoms. The van der Waals surface area contributed by atoms with E-state index in [0.717, 1.165) is 17.8 Å². The van der Waals surface area contributed by atoms with Crippen molar-refractivity contribution < 1.29 is 17.9 Å². The molecule has 2 aromatic heterocycles. The number of rotatable bonds is 2. The lowest BCUT2D eigenvalue weighted by Crippen LogP contribution is -2.29. The topological polar surface area (TPSA) is 54.0 Å². The second-order valence-electron chi connectivity index (χ2n) is 6.78. The number of H-pyrrole nitrogens is 1. The van der Waals surface area contributed by atoms with Crippen LogP contribution in [0.2, 0.25) is 5.02 Å². The highest BCUT2D eigenvalue weighted by Gasteiger charge is 2.31. The summed E-state index contributed by atoms with van der Waals surface area (Å²) in [4.78, 5) is 13.8. The van der Waals surface area contributed by atoms with Crippen LogP contribution < -0.4 is 9.64 Å². The van der Waals surface area contributed by atoms with Gasteiger partial charge in [-0.1, -0.05) is 17.7 Å². The first-order chi connectivity index (χ1) is 14.4. The summed E-state index contributed by atoms with van der Waals surface area (Å²) in [5.41, 5.74) is 1.42. The Morgan fingerprint density at radius 1 is 1.10 bits per heavy atom. The predicted octanol–water partition coefficient (Wildman–Crippen LogP) is 5.83. The van der Waals surface area contributed by atoms with Crippen LogP contribution in [-0.4, -0.2) is 28.1 Å². The molecule has 5 rings (SSSR count). The van der Waals surface area contributed by atoms with Crippen LogP contribution in [0.1, 0.15) is 5.56 Å². The van der Waals surface area contributed by atoms with E-state index in [1.807, 2.05) is 23.1 Å². The molecular formula is C21H14ClF3N4O. The minimum atomic E-state index is -4.42. The molecule has 4 aromatic rings. The Morgan fingerprint density at radius 3 is 2.77 bits per heavy atom. The van der Waals surface area contributed by atoms with E-state index < -0.39 is 11.7 Å². The molecule has 1 aliphatic rings. The number of halogens is 4. The quantitative estimate of drug-likeness (QED) is 0.435. The molecule has 0 unspecified atom stereocenters. The number of fused-ring (bicyclic) bond motifs is 2. The average molecular weight is 431 g/mol. The molecule has 2 aromatic carbocycles. The number of aromatic amines is 1. The smallest absolute Gasteiger partial charge is 0.416 e. The standard InChI is InChI=1S/C21H14ClF3N4O/c22-14-4-2-8-26-20(14)29-9-10-30-18-13(3-1-5-17(18)29)19-27-15-7-6-12(21(23,24)25)11-16(15)28-19/h1-8,11H,9-10H2,(H,27,28). The number of hydrogen-bond donors (Lipinski definition) is 1. The van der Waals surface area contributed by atoms with Crippen LogP contribution in [0.15, 0.2) is 54.7 Å². The zero-order chi connectivity index (χ0) is 20.9. The Bertz CT molecular complexity index is 1250. The summed E-state index contributed by atoms with van der Waals surface area (Å²) in [6, 6.07) is 12.5. The molecule has 3 heterocycles. The molecule has 0 fully saturated rings. The van der Waals surface area contributed by atoms with Gasteiger partial charge in [0.15, 0.2) is 11.6 Å². The van der Waals surface area contributed by atoms with Crippen LogP contribution >= 0.6 is 11.6 Å². The van der Waals surface area contributed by atoms with Crippen molar-refractivity contribution in [2.75, 3.05) is 18.1 Å². The molecule has 9 heteroatoms. The first kappa shape index (κ1) is 18.7. The lowest BCUT2D eigenvalue weighted by molar-refractivity contribution is -0.137. The Kier molecular flexibility index (Phi) is 4.32. The SMILES string of the molecule is FC(F)(F)c1ccc2nc(-c3cccc4c3OCCN4c3ncccc3Cl)[nH]c2c1. The number of benzene rings is 2. The maximum atomic E-state index is 13.0. The number of para-hydroxylation sites is 1. The highest BCUT2D eigenvalue weighted by atomic mass is 35.5. The van der Waals surface area contributed by atoms with Crippen LogP contribution in [0.4, 0.5) is 24.7 Å². The number of nitrogens with one attached hydrogen (secondary N) is 1. The second kappa shape index (κ2) is 6.91. The summed E-state index contributed by atoms with van der Waals surface area (Å²) < 4.78 is 45.0. The van der Waals surface area contributed by atoms with E-state index in [2.05, 4.69) is 15.0 Å². The Labute approximate surface area is 174 Å². The van der Waals surface area contributed by atoms with Crippen molar-refractivity contribution >= 4 is 34.1 Å². The van der Waals surface area contributed by atoms with Crippen LogP contribution in [0.5, 0.6) is 5.75 Å². The number of anilines is 2. The van der Waals surface area contributed by atoms with Crippen LogP contribution in [0.3, 0.4) is 0 Å². The Balaban J connectivity index is 1.62.